The normalized spacial score (nSPS) is 25.3. The molecule has 1 rings (SSSR count). The fraction of sp³-hybridized carbons (Fsp3) is 1.00. The zero-order valence-electron chi connectivity index (χ0n) is 8.98. The van der Waals surface area contributed by atoms with E-state index in [1.165, 1.54) is 6.42 Å². The monoisotopic (exact) mass is 202 g/mol. The van der Waals surface area contributed by atoms with Gasteiger partial charge in [-0.25, -0.2) is 0 Å². The molecule has 0 radical (unpaired) electrons. The first-order valence-electron chi connectivity index (χ1n) is 5.36. The molecule has 14 heavy (non-hydrogen) atoms. The van der Waals surface area contributed by atoms with Gasteiger partial charge in [0.2, 0.25) is 0 Å². The summed E-state index contributed by atoms with van der Waals surface area (Å²) in [7, 11) is 2.02. The second-order valence-electron chi connectivity index (χ2n) is 4.19. The Kier molecular flexibility index (Phi) is 5.40. The smallest absolute Gasteiger partial charge is 0.0788 e. The van der Waals surface area contributed by atoms with Crippen molar-refractivity contribution in [1.29, 1.82) is 0 Å². The Balaban J connectivity index is 2.14. The molecule has 84 valence electrons. The van der Waals surface area contributed by atoms with Crippen LogP contribution in [0, 0.1) is 5.92 Å². The number of ether oxygens (including phenoxy) is 1. The van der Waals surface area contributed by atoms with E-state index in [-0.39, 0.29) is 0 Å². The zero-order chi connectivity index (χ0) is 10.4. The topological polar surface area (TPSA) is 58.7 Å². The van der Waals surface area contributed by atoms with Crippen molar-refractivity contribution in [3.8, 4) is 0 Å². The van der Waals surface area contributed by atoms with E-state index in [4.69, 9.17) is 10.5 Å². The highest BCUT2D eigenvalue weighted by molar-refractivity contribution is 4.69. The highest BCUT2D eigenvalue weighted by Gasteiger charge is 2.16. The van der Waals surface area contributed by atoms with E-state index in [9.17, 15) is 5.11 Å². The van der Waals surface area contributed by atoms with Crippen molar-refractivity contribution in [3.63, 3.8) is 0 Å². The SMILES string of the molecule is CN(CC(O)CN)CC1CCCOC1. The van der Waals surface area contributed by atoms with Gasteiger partial charge in [-0.1, -0.05) is 0 Å². The van der Waals surface area contributed by atoms with Crippen molar-refractivity contribution in [3.05, 3.63) is 0 Å². The van der Waals surface area contributed by atoms with Crippen LogP contribution in [0.25, 0.3) is 0 Å². The van der Waals surface area contributed by atoms with Crippen molar-refractivity contribution < 1.29 is 9.84 Å². The molecular formula is C10H22N2O2. The summed E-state index contributed by atoms with van der Waals surface area (Å²) in [5.74, 6) is 0.624. The lowest BCUT2D eigenvalue weighted by Crippen LogP contribution is -2.38. The molecule has 1 saturated heterocycles. The van der Waals surface area contributed by atoms with Crippen molar-refractivity contribution in [1.82, 2.24) is 4.90 Å². The Bertz CT molecular complexity index is 149. The van der Waals surface area contributed by atoms with Crippen LogP contribution < -0.4 is 5.73 Å². The molecule has 4 nitrogen and oxygen atoms in total. The van der Waals surface area contributed by atoms with Gasteiger partial charge < -0.3 is 20.5 Å². The predicted octanol–water partition coefficient (Wildman–Crippen LogP) is -0.336. The van der Waals surface area contributed by atoms with Gasteiger partial charge in [0.15, 0.2) is 0 Å². The Labute approximate surface area is 86.0 Å². The molecular weight excluding hydrogens is 180 g/mol. The first-order valence-corrected chi connectivity index (χ1v) is 5.36. The number of hydrogen-bond donors (Lipinski definition) is 2. The van der Waals surface area contributed by atoms with Crippen LogP contribution in [0.5, 0.6) is 0 Å². The third-order valence-corrected chi connectivity index (χ3v) is 2.62. The summed E-state index contributed by atoms with van der Waals surface area (Å²) in [5.41, 5.74) is 5.35. The molecule has 1 fully saturated rings. The van der Waals surface area contributed by atoms with E-state index >= 15 is 0 Å². The molecule has 1 heterocycles. The molecule has 0 amide bonds. The number of rotatable bonds is 5. The van der Waals surface area contributed by atoms with E-state index in [0.717, 1.165) is 26.2 Å². The fourth-order valence-electron chi connectivity index (χ4n) is 1.90. The summed E-state index contributed by atoms with van der Waals surface area (Å²) < 4.78 is 5.40. The van der Waals surface area contributed by atoms with Gasteiger partial charge in [0.25, 0.3) is 0 Å². The van der Waals surface area contributed by atoms with Gasteiger partial charge in [-0.3, -0.25) is 0 Å². The van der Waals surface area contributed by atoms with Crippen LogP contribution in [0.15, 0.2) is 0 Å². The number of likely N-dealkylation sites (N-methyl/N-ethyl adjacent to an activating group) is 1. The molecule has 3 N–H and O–H groups in total. The maximum Gasteiger partial charge on any atom is 0.0788 e. The molecule has 0 aromatic heterocycles. The molecule has 2 atom stereocenters. The molecule has 0 saturated carbocycles. The van der Waals surface area contributed by atoms with Crippen LogP contribution >= 0.6 is 0 Å². The van der Waals surface area contributed by atoms with Gasteiger partial charge in [0.05, 0.1) is 12.7 Å². The summed E-state index contributed by atoms with van der Waals surface area (Å²) in [4.78, 5) is 2.14. The largest absolute Gasteiger partial charge is 0.390 e. The summed E-state index contributed by atoms with van der Waals surface area (Å²) >= 11 is 0. The molecule has 1 aliphatic heterocycles. The maximum absolute atomic E-state index is 9.36. The first kappa shape index (κ1) is 11.9. The van der Waals surface area contributed by atoms with Gasteiger partial charge >= 0.3 is 0 Å². The van der Waals surface area contributed by atoms with Crippen LogP contribution in [0.2, 0.25) is 0 Å². The van der Waals surface area contributed by atoms with Gasteiger partial charge in [-0.2, -0.15) is 0 Å². The van der Waals surface area contributed by atoms with E-state index in [2.05, 4.69) is 4.90 Å². The molecule has 0 aromatic rings. The molecule has 0 spiro atoms. The molecule has 0 bridgehead atoms. The number of nitrogens with two attached hydrogens (primary N) is 1. The van der Waals surface area contributed by atoms with E-state index < -0.39 is 6.10 Å². The zero-order valence-corrected chi connectivity index (χ0v) is 8.98. The van der Waals surface area contributed by atoms with Gasteiger partial charge in [0, 0.05) is 26.2 Å². The summed E-state index contributed by atoms with van der Waals surface area (Å²) in [6.07, 6.45) is 2.01. The maximum atomic E-state index is 9.36. The third-order valence-electron chi connectivity index (χ3n) is 2.62. The van der Waals surface area contributed by atoms with Crippen molar-refractivity contribution in [2.75, 3.05) is 39.9 Å². The van der Waals surface area contributed by atoms with Gasteiger partial charge in [0.1, 0.15) is 0 Å². The van der Waals surface area contributed by atoms with Crippen LogP contribution in [-0.4, -0.2) is 56.0 Å². The minimum Gasteiger partial charge on any atom is -0.390 e. The minimum absolute atomic E-state index is 0.339. The molecule has 4 heteroatoms. The van der Waals surface area contributed by atoms with Crippen LogP contribution in [0.1, 0.15) is 12.8 Å². The summed E-state index contributed by atoms with van der Waals surface area (Å²) in [5, 5.41) is 9.36. The lowest BCUT2D eigenvalue weighted by atomic mass is 10.0. The van der Waals surface area contributed by atoms with Gasteiger partial charge in [-0.15, -0.1) is 0 Å². The first-order chi connectivity index (χ1) is 6.72. The van der Waals surface area contributed by atoms with Crippen molar-refractivity contribution in [2.45, 2.75) is 18.9 Å². The quantitative estimate of drug-likeness (QED) is 0.640. The molecule has 0 aliphatic carbocycles. The Morgan fingerprint density at radius 3 is 3.00 bits per heavy atom. The summed E-state index contributed by atoms with van der Waals surface area (Å²) in [6.45, 7) is 3.77. The highest BCUT2D eigenvalue weighted by Crippen LogP contribution is 2.14. The number of hydrogen-bond acceptors (Lipinski definition) is 4. The molecule has 0 aromatic carbocycles. The van der Waals surface area contributed by atoms with E-state index in [1.54, 1.807) is 0 Å². The van der Waals surface area contributed by atoms with Crippen molar-refractivity contribution >= 4 is 0 Å². The number of nitrogens with zero attached hydrogens (tertiary/aromatic N) is 1. The van der Waals surface area contributed by atoms with Crippen molar-refractivity contribution in [2.24, 2.45) is 11.7 Å². The lowest BCUT2D eigenvalue weighted by Gasteiger charge is -2.28. The number of aliphatic hydroxyl groups excluding tert-OH is 1. The molecule has 2 unspecified atom stereocenters. The minimum atomic E-state index is -0.399. The number of aliphatic hydroxyl groups is 1. The van der Waals surface area contributed by atoms with Crippen LogP contribution in [0.4, 0.5) is 0 Å². The Morgan fingerprint density at radius 2 is 2.43 bits per heavy atom. The second kappa shape index (κ2) is 6.35. The predicted molar refractivity (Wildman–Crippen MR) is 56.1 cm³/mol. The lowest BCUT2D eigenvalue weighted by molar-refractivity contribution is 0.0351. The van der Waals surface area contributed by atoms with E-state index in [1.807, 2.05) is 7.05 Å². The summed E-state index contributed by atoms with van der Waals surface area (Å²) in [6, 6.07) is 0. The van der Waals surface area contributed by atoms with E-state index in [0.29, 0.717) is 19.0 Å². The fourth-order valence-corrected chi connectivity index (χ4v) is 1.90. The second-order valence-corrected chi connectivity index (χ2v) is 4.19. The van der Waals surface area contributed by atoms with Crippen LogP contribution in [-0.2, 0) is 4.74 Å². The standard InChI is InChI=1S/C10H22N2O2/c1-12(7-10(13)5-11)6-9-3-2-4-14-8-9/h9-10,13H,2-8,11H2,1H3. The molecule has 1 aliphatic rings. The average Bonchev–Trinajstić information content (AvgIpc) is 2.19. The third kappa shape index (κ3) is 4.37. The highest BCUT2D eigenvalue weighted by atomic mass is 16.5. The average molecular weight is 202 g/mol. The Morgan fingerprint density at radius 1 is 1.64 bits per heavy atom. The Hall–Kier alpha value is -0.160. The van der Waals surface area contributed by atoms with Crippen LogP contribution in [0.3, 0.4) is 0 Å². The van der Waals surface area contributed by atoms with Gasteiger partial charge in [-0.05, 0) is 25.8 Å².